The van der Waals surface area contributed by atoms with Gasteiger partial charge >= 0.3 is 0 Å². The topological polar surface area (TPSA) is 67.9 Å². The molecule has 0 bridgehead atoms. The molecule has 0 spiro atoms. The van der Waals surface area contributed by atoms with E-state index in [4.69, 9.17) is 9.47 Å². The third kappa shape index (κ3) is 2.90. The number of hydrogen-bond donors (Lipinski definition) is 1. The van der Waals surface area contributed by atoms with Crippen LogP contribution in [-0.4, -0.2) is 45.7 Å². The molecular weight excluding hydrogens is 328 g/mol. The van der Waals surface area contributed by atoms with Crippen molar-refractivity contribution in [2.24, 2.45) is 0 Å². The van der Waals surface area contributed by atoms with Crippen molar-refractivity contribution in [2.75, 3.05) is 26.9 Å². The Morgan fingerprint density at radius 1 is 1.32 bits per heavy atom. The average Bonchev–Trinajstić information content (AvgIpc) is 3.06. The van der Waals surface area contributed by atoms with Crippen LogP contribution in [0.3, 0.4) is 0 Å². The third-order valence-corrected chi connectivity index (χ3v) is 6.11. The van der Waals surface area contributed by atoms with Crippen LogP contribution in [0.2, 0.25) is 0 Å². The molecule has 1 aromatic carbocycles. The highest BCUT2D eigenvalue weighted by molar-refractivity contribution is 7.89. The second-order valence-corrected chi connectivity index (χ2v) is 7.30. The summed E-state index contributed by atoms with van der Waals surface area (Å²) < 4.78 is 38.1. The van der Waals surface area contributed by atoms with Crippen LogP contribution in [-0.2, 0) is 10.0 Å². The number of nitrogens with zero attached hydrogens (tertiary/aromatic N) is 1. The van der Waals surface area contributed by atoms with Crippen molar-refractivity contribution in [3.05, 3.63) is 17.7 Å². The summed E-state index contributed by atoms with van der Waals surface area (Å²) in [5, 5.41) is 3.07. The number of ether oxygens (including phenoxy) is 2. The molecular formula is C14H21ClN2O4S. The van der Waals surface area contributed by atoms with Gasteiger partial charge in [0.1, 0.15) is 0 Å². The van der Waals surface area contributed by atoms with Gasteiger partial charge < -0.3 is 14.8 Å². The molecule has 1 fully saturated rings. The summed E-state index contributed by atoms with van der Waals surface area (Å²) in [6, 6.07) is 3.34. The molecule has 3 rings (SSSR count). The lowest BCUT2D eigenvalue weighted by molar-refractivity contribution is 0.174. The van der Waals surface area contributed by atoms with Crippen molar-refractivity contribution in [1.29, 1.82) is 0 Å². The first kappa shape index (κ1) is 17.3. The van der Waals surface area contributed by atoms with Gasteiger partial charge in [-0.15, -0.1) is 12.4 Å². The van der Waals surface area contributed by atoms with Crippen molar-refractivity contribution in [3.8, 4) is 11.5 Å². The van der Waals surface area contributed by atoms with E-state index in [9.17, 15) is 8.42 Å². The fourth-order valence-electron chi connectivity index (χ4n) is 2.99. The van der Waals surface area contributed by atoms with E-state index in [0.717, 1.165) is 12.8 Å². The van der Waals surface area contributed by atoms with Crippen LogP contribution in [0.4, 0.5) is 0 Å². The molecule has 2 heterocycles. The predicted octanol–water partition coefficient (Wildman–Crippen LogP) is 1.52. The van der Waals surface area contributed by atoms with E-state index in [1.54, 1.807) is 23.4 Å². The Morgan fingerprint density at radius 3 is 2.68 bits per heavy atom. The van der Waals surface area contributed by atoms with Gasteiger partial charge in [0, 0.05) is 25.2 Å². The number of benzene rings is 1. The summed E-state index contributed by atoms with van der Waals surface area (Å²) in [6.07, 6.45) is 1.79. The van der Waals surface area contributed by atoms with E-state index in [2.05, 4.69) is 5.32 Å². The number of nitrogens with one attached hydrogen (secondary N) is 1. The molecule has 6 nitrogen and oxygen atoms in total. The molecule has 1 saturated heterocycles. The van der Waals surface area contributed by atoms with Crippen LogP contribution in [0.5, 0.6) is 11.5 Å². The quantitative estimate of drug-likeness (QED) is 0.893. The van der Waals surface area contributed by atoms with Crippen molar-refractivity contribution < 1.29 is 17.9 Å². The van der Waals surface area contributed by atoms with E-state index < -0.39 is 10.0 Å². The van der Waals surface area contributed by atoms with Crippen LogP contribution in [0, 0.1) is 6.92 Å². The first-order valence-electron chi connectivity index (χ1n) is 7.10. The first-order chi connectivity index (χ1) is 10.0. The lowest BCUT2D eigenvalue weighted by atomic mass is 10.2. The lowest BCUT2D eigenvalue weighted by Gasteiger charge is -2.24. The average molecular weight is 349 g/mol. The number of hydrogen-bond acceptors (Lipinski definition) is 5. The summed E-state index contributed by atoms with van der Waals surface area (Å²) >= 11 is 0. The van der Waals surface area contributed by atoms with E-state index in [1.165, 1.54) is 0 Å². The summed E-state index contributed by atoms with van der Waals surface area (Å²) in [7, 11) is -1.66. The molecule has 0 aliphatic carbocycles. The largest absolute Gasteiger partial charge is 0.454 e. The summed E-state index contributed by atoms with van der Waals surface area (Å²) in [6.45, 7) is 3.17. The third-order valence-electron chi connectivity index (χ3n) is 4.02. The Morgan fingerprint density at radius 2 is 2.00 bits per heavy atom. The molecule has 1 unspecified atom stereocenters. The van der Waals surface area contributed by atoms with Gasteiger partial charge in [-0.3, -0.25) is 0 Å². The summed E-state index contributed by atoms with van der Waals surface area (Å²) in [4.78, 5) is 0.315. The highest BCUT2D eigenvalue weighted by Crippen LogP contribution is 2.38. The monoisotopic (exact) mass is 348 g/mol. The maximum absolute atomic E-state index is 12.9. The van der Waals surface area contributed by atoms with Crippen LogP contribution in [0.15, 0.2) is 17.0 Å². The second-order valence-electron chi connectivity index (χ2n) is 5.44. The number of fused-ring (bicyclic) bond motifs is 1. The molecule has 0 amide bonds. The molecule has 2 aliphatic rings. The fourth-order valence-corrected chi connectivity index (χ4v) is 4.91. The van der Waals surface area contributed by atoms with E-state index >= 15 is 0 Å². The molecule has 0 radical (unpaired) electrons. The molecule has 22 heavy (non-hydrogen) atoms. The molecule has 8 heteroatoms. The summed E-state index contributed by atoms with van der Waals surface area (Å²) in [5.74, 6) is 1.11. The molecule has 0 saturated carbocycles. The van der Waals surface area contributed by atoms with Crippen LogP contribution in [0.25, 0.3) is 0 Å². The van der Waals surface area contributed by atoms with Crippen LogP contribution >= 0.6 is 12.4 Å². The lowest BCUT2D eigenvalue weighted by Crippen LogP contribution is -2.40. The zero-order valence-corrected chi connectivity index (χ0v) is 14.3. The Balaban J connectivity index is 0.00000176. The highest BCUT2D eigenvalue weighted by atomic mass is 35.5. The van der Waals surface area contributed by atoms with Gasteiger partial charge in [-0.1, -0.05) is 0 Å². The van der Waals surface area contributed by atoms with Gasteiger partial charge in [0.25, 0.3) is 0 Å². The minimum atomic E-state index is -3.50. The zero-order valence-electron chi connectivity index (χ0n) is 12.7. The van der Waals surface area contributed by atoms with E-state index in [0.29, 0.717) is 35.0 Å². The smallest absolute Gasteiger partial charge is 0.243 e. The SMILES string of the molecule is CNCC1CCCN1S(=O)(=O)c1cc2c(cc1C)OCO2.Cl. The number of halogens is 1. The maximum atomic E-state index is 12.9. The van der Waals surface area contributed by atoms with Gasteiger partial charge in [0.15, 0.2) is 11.5 Å². The van der Waals surface area contributed by atoms with Gasteiger partial charge in [0.2, 0.25) is 16.8 Å². The number of rotatable bonds is 4. The molecule has 1 N–H and O–H groups in total. The van der Waals surface area contributed by atoms with E-state index in [1.807, 2.05) is 7.05 Å². The van der Waals surface area contributed by atoms with Gasteiger partial charge in [-0.25, -0.2) is 8.42 Å². The van der Waals surface area contributed by atoms with E-state index in [-0.39, 0.29) is 25.2 Å². The van der Waals surface area contributed by atoms with Crippen molar-refractivity contribution >= 4 is 22.4 Å². The summed E-state index contributed by atoms with van der Waals surface area (Å²) in [5.41, 5.74) is 0.689. The maximum Gasteiger partial charge on any atom is 0.243 e. The van der Waals surface area contributed by atoms with Gasteiger partial charge in [0.05, 0.1) is 4.90 Å². The molecule has 2 aliphatic heterocycles. The predicted molar refractivity (Wildman–Crippen MR) is 85.4 cm³/mol. The zero-order chi connectivity index (χ0) is 15.0. The van der Waals surface area contributed by atoms with Gasteiger partial charge in [-0.2, -0.15) is 4.31 Å². The molecule has 1 atom stereocenters. The number of likely N-dealkylation sites (N-methyl/N-ethyl adjacent to an activating group) is 1. The molecule has 0 aromatic heterocycles. The van der Waals surface area contributed by atoms with Crippen LogP contribution in [0.1, 0.15) is 18.4 Å². The van der Waals surface area contributed by atoms with Crippen LogP contribution < -0.4 is 14.8 Å². The minimum Gasteiger partial charge on any atom is -0.454 e. The molecule has 124 valence electrons. The number of sulfonamides is 1. The highest BCUT2D eigenvalue weighted by Gasteiger charge is 2.36. The van der Waals surface area contributed by atoms with Crippen molar-refractivity contribution in [1.82, 2.24) is 9.62 Å². The Hall–Kier alpha value is -1.02. The normalized spacial score (nSPS) is 20.9. The van der Waals surface area contributed by atoms with Crippen molar-refractivity contribution in [3.63, 3.8) is 0 Å². The van der Waals surface area contributed by atoms with Crippen molar-refractivity contribution in [2.45, 2.75) is 30.7 Å². The second kappa shape index (κ2) is 6.62. The Bertz CT molecular complexity index is 650. The van der Waals surface area contributed by atoms with Gasteiger partial charge in [-0.05, 0) is 38.4 Å². The molecule has 1 aromatic rings. The standard InChI is InChI=1S/C14H20N2O4S.ClH/c1-10-6-12-13(20-9-19-12)7-14(10)21(17,18)16-5-3-4-11(16)8-15-2;/h6-7,11,15H,3-5,8-9H2,1-2H3;1H. The number of aryl methyl sites for hydroxylation is 1. The Labute approximate surface area is 137 Å². The first-order valence-corrected chi connectivity index (χ1v) is 8.54. The minimum absolute atomic E-state index is 0. The Kier molecular flexibility index (Phi) is 5.21. The fraction of sp³-hybridized carbons (Fsp3) is 0.571.